The summed E-state index contributed by atoms with van der Waals surface area (Å²) in [6.07, 6.45) is -0.396. The number of rotatable bonds is 4. The molecule has 3 aliphatic rings. The zero-order valence-corrected chi connectivity index (χ0v) is 24.3. The van der Waals surface area contributed by atoms with Gasteiger partial charge in [-0.2, -0.15) is 0 Å². The summed E-state index contributed by atoms with van der Waals surface area (Å²) in [7, 11) is 1.62. The number of nitrogens with two attached hydrogens (primary N) is 1. The van der Waals surface area contributed by atoms with Gasteiger partial charge in [0.2, 0.25) is 0 Å². The summed E-state index contributed by atoms with van der Waals surface area (Å²) in [5, 5.41) is 3.06. The van der Waals surface area contributed by atoms with Gasteiger partial charge in [-0.1, -0.05) is 42.2 Å². The number of hydrogen-bond donors (Lipinski definition) is 2. The molecular formula is C34H38N4O4. The number of benzene rings is 3. The predicted octanol–water partition coefficient (Wildman–Crippen LogP) is 4.26. The van der Waals surface area contributed by atoms with Crippen LogP contribution in [0.5, 0.6) is 5.75 Å². The first kappa shape index (κ1) is 28.3. The maximum atomic E-state index is 13.7. The van der Waals surface area contributed by atoms with Crippen LogP contribution in [0.15, 0.2) is 78.9 Å². The van der Waals surface area contributed by atoms with Crippen LogP contribution in [0.4, 0.5) is 10.5 Å². The molecule has 8 nitrogen and oxygen atoms in total. The van der Waals surface area contributed by atoms with Gasteiger partial charge in [-0.3, -0.25) is 4.90 Å². The van der Waals surface area contributed by atoms with Crippen LogP contribution in [0.25, 0.3) is 0 Å². The minimum absolute atomic E-state index is 0.0923. The molecule has 3 heterocycles. The lowest BCUT2D eigenvalue weighted by Crippen LogP contribution is -2.71. The largest absolute Gasteiger partial charge is 0.497 e. The molecule has 0 aliphatic carbocycles. The maximum absolute atomic E-state index is 13.7. The lowest BCUT2D eigenvalue weighted by molar-refractivity contribution is -0.150. The maximum Gasteiger partial charge on any atom is 0.321 e. The Morgan fingerprint density at radius 1 is 0.929 bits per heavy atom. The van der Waals surface area contributed by atoms with Crippen molar-refractivity contribution in [2.45, 2.75) is 49.8 Å². The topological polar surface area (TPSA) is 89.3 Å². The van der Waals surface area contributed by atoms with Crippen LogP contribution >= 0.6 is 0 Å². The summed E-state index contributed by atoms with van der Waals surface area (Å²) in [5.41, 5.74) is 10.2. The number of urea groups is 1. The Labute approximate surface area is 247 Å². The van der Waals surface area contributed by atoms with Crippen LogP contribution < -0.4 is 15.8 Å². The normalized spacial score (nSPS) is 26.4. The highest BCUT2D eigenvalue weighted by Gasteiger charge is 2.54. The quantitative estimate of drug-likeness (QED) is 0.459. The molecule has 0 bridgehead atoms. The zero-order valence-electron chi connectivity index (χ0n) is 24.3. The fraction of sp³-hybridized carbons (Fsp3) is 0.382. The minimum Gasteiger partial charge on any atom is -0.497 e. The van der Waals surface area contributed by atoms with E-state index in [1.165, 1.54) is 5.56 Å². The number of fused-ring (bicyclic) bond motifs is 2. The molecule has 0 radical (unpaired) electrons. The van der Waals surface area contributed by atoms with Crippen molar-refractivity contribution in [1.82, 2.24) is 9.80 Å². The summed E-state index contributed by atoms with van der Waals surface area (Å²) in [6, 6.07) is 25.8. The Morgan fingerprint density at radius 2 is 1.57 bits per heavy atom. The van der Waals surface area contributed by atoms with Gasteiger partial charge < -0.3 is 30.2 Å². The van der Waals surface area contributed by atoms with Gasteiger partial charge in [0.05, 0.1) is 13.7 Å². The number of carbonyl (C=O) groups is 1. The van der Waals surface area contributed by atoms with Gasteiger partial charge in [-0.15, -0.1) is 0 Å². The van der Waals surface area contributed by atoms with E-state index in [2.05, 4.69) is 46.3 Å². The average molecular weight is 567 g/mol. The summed E-state index contributed by atoms with van der Waals surface area (Å²) in [4.78, 5) is 17.9. The second kappa shape index (κ2) is 11.8. The lowest BCUT2D eigenvalue weighted by Gasteiger charge is -2.58. The van der Waals surface area contributed by atoms with Gasteiger partial charge in [0.1, 0.15) is 18.0 Å². The van der Waals surface area contributed by atoms with E-state index in [4.69, 9.17) is 19.9 Å². The van der Waals surface area contributed by atoms with E-state index in [0.29, 0.717) is 31.9 Å². The van der Waals surface area contributed by atoms with Crippen LogP contribution in [-0.2, 0) is 9.47 Å². The molecule has 6 rings (SSSR count). The first-order valence-corrected chi connectivity index (χ1v) is 14.5. The van der Waals surface area contributed by atoms with Crippen molar-refractivity contribution in [3.05, 3.63) is 95.6 Å². The Bertz CT molecular complexity index is 1450. The van der Waals surface area contributed by atoms with E-state index in [1.807, 2.05) is 73.3 Å². The van der Waals surface area contributed by atoms with Gasteiger partial charge in [0.25, 0.3) is 0 Å². The number of methoxy groups -OCH3 is 1. The molecule has 0 saturated carbocycles. The first-order chi connectivity index (χ1) is 20.3. The summed E-state index contributed by atoms with van der Waals surface area (Å²) >= 11 is 0. The third kappa shape index (κ3) is 5.87. The molecule has 3 saturated heterocycles. The summed E-state index contributed by atoms with van der Waals surface area (Å²) in [6.45, 7) is 6.07. The van der Waals surface area contributed by atoms with E-state index < -0.39 is 5.79 Å². The molecule has 3 aromatic carbocycles. The molecule has 3 aliphatic heterocycles. The molecule has 3 fully saturated rings. The predicted molar refractivity (Wildman–Crippen MR) is 162 cm³/mol. The van der Waals surface area contributed by atoms with Crippen LogP contribution in [0.1, 0.15) is 36.5 Å². The number of ether oxygens (including phenoxy) is 3. The SMILES string of the molecule is COc1ccc(NC(=O)N2C[C@H]3OC(C)(C)O[C@H]3CN3[C@H](CN)[C@H](c4ccc(C#Cc5ccccc5)cc4)[C@@H]3C2)cc1. The number of amides is 2. The zero-order chi connectivity index (χ0) is 29.3. The van der Waals surface area contributed by atoms with Crippen molar-refractivity contribution in [2.75, 3.05) is 38.6 Å². The minimum atomic E-state index is -0.716. The molecule has 8 heteroatoms. The Morgan fingerprint density at radius 3 is 2.21 bits per heavy atom. The molecule has 0 aromatic heterocycles. The number of nitrogens with one attached hydrogen (secondary N) is 1. The van der Waals surface area contributed by atoms with Crippen molar-refractivity contribution >= 4 is 11.7 Å². The fourth-order valence-electron chi connectivity index (χ4n) is 6.47. The van der Waals surface area contributed by atoms with Crippen molar-refractivity contribution < 1.29 is 19.0 Å². The number of anilines is 1. The highest BCUT2D eigenvalue weighted by Crippen LogP contribution is 2.44. The number of carbonyl (C=O) groups excluding carboxylic acids is 1. The second-order valence-corrected chi connectivity index (χ2v) is 11.6. The van der Waals surface area contributed by atoms with Crippen molar-refractivity contribution in [3.8, 4) is 17.6 Å². The monoisotopic (exact) mass is 566 g/mol. The van der Waals surface area contributed by atoms with Crippen LogP contribution in [-0.4, -0.2) is 79.2 Å². The smallest absolute Gasteiger partial charge is 0.321 e. The fourth-order valence-corrected chi connectivity index (χ4v) is 6.47. The number of hydrogen-bond acceptors (Lipinski definition) is 6. The molecule has 42 heavy (non-hydrogen) atoms. The number of nitrogens with zero attached hydrogens (tertiary/aromatic N) is 2. The lowest BCUT2D eigenvalue weighted by atomic mass is 9.73. The highest BCUT2D eigenvalue weighted by atomic mass is 16.8. The van der Waals surface area contributed by atoms with Crippen molar-refractivity contribution in [2.24, 2.45) is 5.73 Å². The third-order valence-corrected chi connectivity index (χ3v) is 8.46. The molecule has 2 amide bonds. The highest BCUT2D eigenvalue weighted by molar-refractivity contribution is 5.89. The third-order valence-electron chi connectivity index (χ3n) is 8.46. The molecule has 0 unspecified atom stereocenters. The van der Waals surface area contributed by atoms with Crippen LogP contribution in [0, 0.1) is 11.8 Å². The van der Waals surface area contributed by atoms with Gasteiger partial charge >= 0.3 is 6.03 Å². The molecular weight excluding hydrogens is 528 g/mol. The van der Waals surface area contributed by atoms with E-state index in [1.54, 1.807) is 7.11 Å². The van der Waals surface area contributed by atoms with Gasteiger partial charge in [-0.25, -0.2) is 4.79 Å². The van der Waals surface area contributed by atoms with Crippen LogP contribution in [0.3, 0.4) is 0 Å². The van der Waals surface area contributed by atoms with Gasteiger partial charge in [-0.05, 0) is 67.9 Å². The molecule has 3 aromatic rings. The Balaban J connectivity index is 1.24. The molecule has 0 spiro atoms. The van der Waals surface area contributed by atoms with E-state index in [0.717, 1.165) is 16.9 Å². The molecule has 218 valence electrons. The summed E-state index contributed by atoms with van der Waals surface area (Å²) < 4.78 is 17.9. The van der Waals surface area contributed by atoms with E-state index in [-0.39, 0.29) is 36.2 Å². The molecule has 3 N–H and O–H groups in total. The van der Waals surface area contributed by atoms with E-state index in [9.17, 15) is 4.79 Å². The second-order valence-electron chi connectivity index (χ2n) is 11.6. The Kier molecular flexibility index (Phi) is 7.93. The summed E-state index contributed by atoms with van der Waals surface area (Å²) in [5.74, 6) is 6.69. The van der Waals surface area contributed by atoms with Crippen molar-refractivity contribution in [3.63, 3.8) is 0 Å². The average Bonchev–Trinajstić information content (AvgIpc) is 3.28. The van der Waals surface area contributed by atoms with Gasteiger partial charge in [0, 0.05) is 54.5 Å². The Hall–Kier alpha value is -3.87. The first-order valence-electron chi connectivity index (χ1n) is 14.5. The molecule has 5 atom stereocenters. The van der Waals surface area contributed by atoms with Crippen molar-refractivity contribution in [1.29, 1.82) is 0 Å². The van der Waals surface area contributed by atoms with E-state index >= 15 is 0 Å². The standard InChI is InChI=1S/C34H38N4O4/c1-34(2)41-30-21-37(33(39)36-26-15-17-27(40-3)18-16-26)20-29-32(28(19-35)38(29)22-31(30)42-34)25-13-11-24(12-14-25)10-9-23-7-5-4-6-8-23/h4-8,11-18,28-32H,19-22,35H2,1-3H3,(H,36,39)/t28-,29+,30-,31+,32+/m1/s1. The van der Waals surface area contributed by atoms with Gasteiger partial charge in [0.15, 0.2) is 5.79 Å². The van der Waals surface area contributed by atoms with Crippen LogP contribution in [0.2, 0.25) is 0 Å².